The van der Waals surface area contributed by atoms with Gasteiger partial charge in [-0.15, -0.1) is 0 Å². The molecule has 0 amide bonds. The molecule has 0 saturated carbocycles. The lowest BCUT2D eigenvalue weighted by atomic mass is 10.3. The number of rotatable bonds is 7. The van der Waals surface area contributed by atoms with Crippen LogP contribution in [0.1, 0.15) is 40.9 Å². The van der Waals surface area contributed by atoms with Crippen molar-refractivity contribution in [3.8, 4) is 0 Å². The summed E-state index contributed by atoms with van der Waals surface area (Å²) in [6.07, 6.45) is 0. The summed E-state index contributed by atoms with van der Waals surface area (Å²) in [6, 6.07) is 0.141. The average Bonchev–Trinajstić information content (AvgIpc) is 2.74. The van der Waals surface area contributed by atoms with E-state index >= 15 is 0 Å². The highest BCUT2D eigenvalue weighted by molar-refractivity contribution is 7.17. The molecule has 0 aliphatic carbocycles. The minimum atomic E-state index is -1.18. The highest BCUT2D eigenvalue weighted by Gasteiger charge is 2.24. The molecule has 0 saturated heterocycles. The number of hydrogen-bond donors (Lipinski definition) is 1. The fraction of sp³-hybridized carbons (Fsp3) is 0.583. The van der Waals surface area contributed by atoms with Crippen molar-refractivity contribution in [2.75, 3.05) is 25.2 Å². The highest BCUT2D eigenvalue weighted by Crippen LogP contribution is 2.28. The van der Waals surface area contributed by atoms with E-state index in [-0.39, 0.29) is 22.4 Å². The molecule has 1 heterocycles. The molecule has 1 aromatic rings. The van der Waals surface area contributed by atoms with Crippen LogP contribution in [0, 0.1) is 0 Å². The standard InChI is InChI=1S/C12H18N2O4S/c1-7(2)14(5-6-18-4)12-13-9(11(16)17)10(19-12)8(3)15/h7H,5-6H2,1-4H3,(H,16,17). The Morgan fingerprint density at radius 3 is 2.47 bits per heavy atom. The number of anilines is 1. The van der Waals surface area contributed by atoms with Crippen LogP contribution in [-0.4, -0.2) is 48.1 Å². The zero-order chi connectivity index (χ0) is 14.6. The van der Waals surface area contributed by atoms with Crippen molar-refractivity contribution in [3.05, 3.63) is 10.6 Å². The maximum atomic E-state index is 11.5. The minimum absolute atomic E-state index is 0.141. The Kier molecular flexibility index (Phi) is 5.44. The number of ether oxygens (including phenoxy) is 1. The zero-order valence-corrected chi connectivity index (χ0v) is 12.3. The first-order chi connectivity index (χ1) is 8.88. The van der Waals surface area contributed by atoms with Gasteiger partial charge in [0, 0.05) is 26.6 Å². The number of nitrogens with zero attached hydrogens (tertiary/aromatic N) is 2. The lowest BCUT2D eigenvalue weighted by Crippen LogP contribution is -2.33. The molecule has 1 N–H and O–H groups in total. The van der Waals surface area contributed by atoms with Crippen LogP contribution in [0.3, 0.4) is 0 Å². The van der Waals surface area contributed by atoms with Crippen molar-refractivity contribution in [1.82, 2.24) is 4.98 Å². The second-order valence-corrected chi connectivity index (χ2v) is 5.29. The molecule has 106 valence electrons. The number of Topliss-reactive ketones (excluding diaryl/α,β-unsaturated/α-hetero) is 1. The van der Waals surface area contributed by atoms with Crippen molar-refractivity contribution in [2.45, 2.75) is 26.8 Å². The minimum Gasteiger partial charge on any atom is -0.476 e. The van der Waals surface area contributed by atoms with Crippen LogP contribution in [0.4, 0.5) is 5.13 Å². The van der Waals surface area contributed by atoms with E-state index in [0.29, 0.717) is 18.3 Å². The number of ketones is 1. The summed E-state index contributed by atoms with van der Waals surface area (Å²) in [6.45, 7) is 6.40. The summed E-state index contributed by atoms with van der Waals surface area (Å²) in [5.41, 5.74) is -0.171. The van der Waals surface area contributed by atoms with Crippen molar-refractivity contribution in [1.29, 1.82) is 0 Å². The van der Waals surface area contributed by atoms with Gasteiger partial charge in [0.05, 0.1) is 6.61 Å². The summed E-state index contributed by atoms with van der Waals surface area (Å²) < 4.78 is 5.03. The van der Waals surface area contributed by atoms with E-state index < -0.39 is 5.97 Å². The number of thiazole rings is 1. The van der Waals surface area contributed by atoms with E-state index in [2.05, 4.69) is 4.98 Å². The Hall–Kier alpha value is -1.47. The second kappa shape index (κ2) is 6.63. The van der Waals surface area contributed by atoms with Gasteiger partial charge in [-0.25, -0.2) is 9.78 Å². The first-order valence-electron chi connectivity index (χ1n) is 5.89. The topological polar surface area (TPSA) is 79.7 Å². The van der Waals surface area contributed by atoms with E-state index in [1.54, 1.807) is 7.11 Å². The molecule has 1 aromatic heterocycles. The number of aromatic carboxylic acids is 1. The SMILES string of the molecule is COCCN(c1nc(C(=O)O)c(C(C)=O)s1)C(C)C. The van der Waals surface area contributed by atoms with E-state index in [1.165, 1.54) is 6.92 Å². The number of carbonyl (C=O) groups excluding carboxylic acids is 1. The van der Waals surface area contributed by atoms with Crippen LogP contribution in [-0.2, 0) is 4.74 Å². The van der Waals surface area contributed by atoms with Gasteiger partial charge in [0.15, 0.2) is 16.6 Å². The van der Waals surface area contributed by atoms with Gasteiger partial charge in [0.2, 0.25) is 0 Å². The van der Waals surface area contributed by atoms with Crippen LogP contribution < -0.4 is 4.90 Å². The quantitative estimate of drug-likeness (QED) is 0.771. The lowest BCUT2D eigenvalue weighted by molar-refractivity contribution is 0.0687. The monoisotopic (exact) mass is 286 g/mol. The fourth-order valence-electron chi connectivity index (χ4n) is 1.58. The number of methoxy groups -OCH3 is 1. The van der Waals surface area contributed by atoms with Crippen LogP contribution in [0.2, 0.25) is 0 Å². The van der Waals surface area contributed by atoms with Crippen LogP contribution in [0.15, 0.2) is 0 Å². The molecule has 0 radical (unpaired) electrons. The molecule has 0 fully saturated rings. The Labute approximate surface area is 116 Å². The molecule has 0 spiro atoms. The molecule has 0 aliphatic rings. The van der Waals surface area contributed by atoms with Gasteiger partial charge < -0.3 is 14.7 Å². The third kappa shape index (κ3) is 3.74. The van der Waals surface area contributed by atoms with Gasteiger partial charge in [-0.05, 0) is 13.8 Å². The lowest BCUT2D eigenvalue weighted by Gasteiger charge is -2.25. The predicted molar refractivity (Wildman–Crippen MR) is 73.4 cm³/mol. The van der Waals surface area contributed by atoms with Gasteiger partial charge >= 0.3 is 5.97 Å². The maximum Gasteiger partial charge on any atom is 0.356 e. The van der Waals surface area contributed by atoms with Gasteiger partial charge in [0.25, 0.3) is 0 Å². The molecule has 7 heteroatoms. The second-order valence-electron chi connectivity index (χ2n) is 4.32. The molecule has 0 unspecified atom stereocenters. The Morgan fingerprint density at radius 2 is 2.11 bits per heavy atom. The van der Waals surface area contributed by atoms with Gasteiger partial charge in [-0.3, -0.25) is 4.79 Å². The van der Waals surface area contributed by atoms with E-state index in [9.17, 15) is 9.59 Å². The first kappa shape index (κ1) is 15.6. The van der Waals surface area contributed by atoms with E-state index in [0.717, 1.165) is 11.3 Å². The predicted octanol–water partition coefficient (Wildman–Crippen LogP) is 1.91. The molecular weight excluding hydrogens is 268 g/mol. The number of carboxylic acids is 1. The van der Waals surface area contributed by atoms with Crippen LogP contribution in [0.25, 0.3) is 0 Å². The summed E-state index contributed by atoms with van der Waals surface area (Å²) >= 11 is 1.11. The normalized spacial score (nSPS) is 10.8. The van der Waals surface area contributed by atoms with Gasteiger partial charge in [0.1, 0.15) is 4.88 Å². The summed E-state index contributed by atoms with van der Waals surface area (Å²) in [7, 11) is 1.60. The molecule has 0 aliphatic heterocycles. The Bertz CT molecular complexity index is 439. The molecule has 6 nitrogen and oxygen atoms in total. The molecular formula is C12H18N2O4S. The van der Waals surface area contributed by atoms with E-state index in [1.807, 2.05) is 18.7 Å². The van der Waals surface area contributed by atoms with Crippen molar-refractivity contribution >= 4 is 28.2 Å². The Morgan fingerprint density at radius 1 is 1.47 bits per heavy atom. The smallest absolute Gasteiger partial charge is 0.356 e. The third-order valence-electron chi connectivity index (χ3n) is 2.54. The molecule has 1 rings (SSSR count). The summed E-state index contributed by atoms with van der Waals surface area (Å²) in [5.74, 6) is -1.46. The highest BCUT2D eigenvalue weighted by atomic mass is 32.1. The number of hydrogen-bond acceptors (Lipinski definition) is 6. The molecule has 0 bridgehead atoms. The van der Waals surface area contributed by atoms with Crippen LogP contribution in [0.5, 0.6) is 0 Å². The molecule has 0 aromatic carbocycles. The van der Waals surface area contributed by atoms with Gasteiger partial charge in [-0.2, -0.15) is 0 Å². The fourth-order valence-corrected chi connectivity index (χ4v) is 2.69. The largest absolute Gasteiger partial charge is 0.476 e. The van der Waals surface area contributed by atoms with Crippen molar-refractivity contribution in [3.63, 3.8) is 0 Å². The Balaban J connectivity index is 3.14. The molecule has 19 heavy (non-hydrogen) atoms. The average molecular weight is 286 g/mol. The summed E-state index contributed by atoms with van der Waals surface area (Å²) in [5, 5.41) is 9.61. The summed E-state index contributed by atoms with van der Waals surface area (Å²) in [4.78, 5) is 28.7. The molecule has 0 atom stereocenters. The number of aromatic nitrogens is 1. The van der Waals surface area contributed by atoms with Crippen molar-refractivity contribution in [2.24, 2.45) is 0 Å². The van der Waals surface area contributed by atoms with Crippen molar-refractivity contribution < 1.29 is 19.4 Å². The maximum absolute atomic E-state index is 11.5. The first-order valence-corrected chi connectivity index (χ1v) is 6.70. The number of carbonyl (C=O) groups is 2. The zero-order valence-electron chi connectivity index (χ0n) is 11.5. The third-order valence-corrected chi connectivity index (χ3v) is 3.74. The van der Waals surface area contributed by atoms with Gasteiger partial charge in [-0.1, -0.05) is 11.3 Å². The number of carboxylic acid groups (broad SMARTS) is 1. The van der Waals surface area contributed by atoms with Crippen LogP contribution >= 0.6 is 11.3 Å². The van der Waals surface area contributed by atoms with E-state index in [4.69, 9.17) is 9.84 Å².